The topological polar surface area (TPSA) is 38.3 Å². The van der Waals surface area contributed by atoms with Crippen molar-refractivity contribution in [2.45, 2.75) is 26.4 Å². The SMILES string of the molecule is CC(C)Oc1cccc(NC(=O)Cc2ccc(Cl)cc2)c1. The van der Waals surface area contributed by atoms with E-state index in [4.69, 9.17) is 16.3 Å². The maximum atomic E-state index is 12.0. The van der Waals surface area contributed by atoms with Gasteiger partial charge in [0.25, 0.3) is 0 Å². The van der Waals surface area contributed by atoms with E-state index in [1.165, 1.54) is 0 Å². The lowest BCUT2D eigenvalue weighted by atomic mass is 10.1. The van der Waals surface area contributed by atoms with Gasteiger partial charge in [0.2, 0.25) is 5.91 Å². The first-order valence-electron chi connectivity index (χ1n) is 6.84. The normalized spacial score (nSPS) is 10.5. The molecule has 0 aromatic heterocycles. The fourth-order valence-corrected chi connectivity index (χ4v) is 2.04. The van der Waals surface area contributed by atoms with Crippen LogP contribution in [0, 0.1) is 0 Å². The lowest BCUT2D eigenvalue weighted by Gasteiger charge is -2.11. The van der Waals surface area contributed by atoms with Crippen LogP contribution in [0.4, 0.5) is 5.69 Å². The minimum Gasteiger partial charge on any atom is -0.491 e. The minimum absolute atomic E-state index is 0.0704. The minimum atomic E-state index is -0.0704. The summed E-state index contributed by atoms with van der Waals surface area (Å²) < 4.78 is 5.60. The van der Waals surface area contributed by atoms with Gasteiger partial charge in [0.05, 0.1) is 12.5 Å². The Balaban J connectivity index is 1.97. The van der Waals surface area contributed by atoms with Crippen molar-refractivity contribution in [3.05, 3.63) is 59.1 Å². The molecule has 0 radical (unpaired) electrons. The zero-order valence-electron chi connectivity index (χ0n) is 12.1. The van der Waals surface area contributed by atoms with Crippen LogP contribution in [-0.4, -0.2) is 12.0 Å². The lowest BCUT2D eigenvalue weighted by molar-refractivity contribution is -0.115. The van der Waals surface area contributed by atoms with Crippen molar-refractivity contribution >= 4 is 23.2 Å². The molecule has 0 fully saturated rings. The molecular formula is C17H18ClNO2. The van der Waals surface area contributed by atoms with Crippen LogP contribution < -0.4 is 10.1 Å². The van der Waals surface area contributed by atoms with Crippen molar-refractivity contribution in [2.24, 2.45) is 0 Å². The largest absolute Gasteiger partial charge is 0.491 e. The number of carbonyl (C=O) groups is 1. The van der Waals surface area contributed by atoms with Crippen LogP contribution in [0.2, 0.25) is 5.02 Å². The number of carbonyl (C=O) groups excluding carboxylic acids is 1. The highest BCUT2D eigenvalue weighted by atomic mass is 35.5. The highest BCUT2D eigenvalue weighted by molar-refractivity contribution is 6.30. The molecule has 1 amide bonds. The summed E-state index contributed by atoms with van der Waals surface area (Å²) in [5.74, 6) is 0.674. The Morgan fingerprint density at radius 3 is 2.57 bits per heavy atom. The number of amides is 1. The molecule has 0 unspecified atom stereocenters. The second-order valence-electron chi connectivity index (χ2n) is 5.05. The van der Waals surface area contributed by atoms with Gasteiger partial charge < -0.3 is 10.1 Å². The molecule has 0 aliphatic rings. The van der Waals surface area contributed by atoms with Gasteiger partial charge in [-0.25, -0.2) is 0 Å². The Kier molecular flexibility index (Phi) is 5.23. The third-order valence-corrected chi connectivity index (χ3v) is 3.02. The summed E-state index contributed by atoms with van der Waals surface area (Å²) in [7, 11) is 0. The average Bonchev–Trinajstić information content (AvgIpc) is 2.41. The first-order valence-corrected chi connectivity index (χ1v) is 7.22. The molecule has 0 atom stereocenters. The Hall–Kier alpha value is -2.00. The van der Waals surface area contributed by atoms with Gasteiger partial charge in [-0.2, -0.15) is 0 Å². The molecule has 0 spiro atoms. The molecule has 0 saturated carbocycles. The second kappa shape index (κ2) is 7.14. The third-order valence-electron chi connectivity index (χ3n) is 2.77. The number of hydrogen-bond acceptors (Lipinski definition) is 2. The van der Waals surface area contributed by atoms with Crippen LogP contribution in [0.1, 0.15) is 19.4 Å². The molecule has 1 N–H and O–H groups in total. The van der Waals surface area contributed by atoms with Crippen LogP contribution in [-0.2, 0) is 11.2 Å². The van der Waals surface area contributed by atoms with Crippen LogP contribution in [0.3, 0.4) is 0 Å². The monoisotopic (exact) mass is 303 g/mol. The summed E-state index contributed by atoms with van der Waals surface area (Å²) in [5, 5.41) is 3.53. The van der Waals surface area contributed by atoms with E-state index >= 15 is 0 Å². The molecule has 3 nitrogen and oxygen atoms in total. The van der Waals surface area contributed by atoms with E-state index in [2.05, 4.69) is 5.32 Å². The summed E-state index contributed by atoms with van der Waals surface area (Å²) in [6.45, 7) is 3.93. The van der Waals surface area contributed by atoms with Crippen molar-refractivity contribution in [1.29, 1.82) is 0 Å². The maximum Gasteiger partial charge on any atom is 0.228 e. The predicted molar refractivity (Wildman–Crippen MR) is 86.0 cm³/mol. The van der Waals surface area contributed by atoms with Crippen molar-refractivity contribution in [3.8, 4) is 5.75 Å². The van der Waals surface area contributed by atoms with Crippen LogP contribution in [0.15, 0.2) is 48.5 Å². The Bertz CT molecular complexity index is 608. The van der Waals surface area contributed by atoms with Gasteiger partial charge in [-0.05, 0) is 43.7 Å². The van der Waals surface area contributed by atoms with Gasteiger partial charge in [-0.3, -0.25) is 4.79 Å². The van der Waals surface area contributed by atoms with Crippen LogP contribution in [0.25, 0.3) is 0 Å². The molecule has 2 aromatic carbocycles. The standard InChI is InChI=1S/C17H18ClNO2/c1-12(2)21-16-5-3-4-15(11-16)19-17(20)10-13-6-8-14(18)9-7-13/h3-9,11-12H,10H2,1-2H3,(H,19,20). The van der Waals surface area contributed by atoms with Crippen molar-refractivity contribution in [2.75, 3.05) is 5.32 Å². The zero-order chi connectivity index (χ0) is 15.2. The molecule has 2 aromatic rings. The van der Waals surface area contributed by atoms with Gasteiger partial charge in [0, 0.05) is 16.8 Å². The van der Waals surface area contributed by atoms with Crippen molar-refractivity contribution < 1.29 is 9.53 Å². The molecule has 0 aliphatic carbocycles. The summed E-state index contributed by atoms with van der Waals surface area (Å²) in [4.78, 5) is 12.0. The number of hydrogen-bond donors (Lipinski definition) is 1. The first kappa shape index (κ1) is 15.4. The average molecular weight is 304 g/mol. The molecule has 0 saturated heterocycles. The van der Waals surface area contributed by atoms with E-state index < -0.39 is 0 Å². The highest BCUT2D eigenvalue weighted by Crippen LogP contribution is 2.19. The van der Waals surface area contributed by atoms with Gasteiger partial charge in [0.1, 0.15) is 5.75 Å². The lowest BCUT2D eigenvalue weighted by Crippen LogP contribution is -2.14. The number of anilines is 1. The van der Waals surface area contributed by atoms with Crippen LogP contribution in [0.5, 0.6) is 5.75 Å². The van der Waals surface area contributed by atoms with E-state index in [1.54, 1.807) is 12.1 Å². The summed E-state index contributed by atoms with van der Waals surface area (Å²) in [6.07, 6.45) is 0.414. The molecule has 4 heteroatoms. The van der Waals surface area contributed by atoms with Gasteiger partial charge >= 0.3 is 0 Å². The molecular weight excluding hydrogens is 286 g/mol. The quantitative estimate of drug-likeness (QED) is 0.894. The number of benzene rings is 2. The van der Waals surface area contributed by atoms with Crippen molar-refractivity contribution in [1.82, 2.24) is 0 Å². The molecule has 0 heterocycles. The van der Waals surface area contributed by atoms with Gasteiger partial charge in [-0.15, -0.1) is 0 Å². The summed E-state index contributed by atoms with van der Waals surface area (Å²) in [6, 6.07) is 14.6. The van der Waals surface area contributed by atoms with Gasteiger partial charge in [-0.1, -0.05) is 29.8 Å². The van der Waals surface area contributed by atoms with Crippen molar-refractivity contribution in [3.63, 3.8) is 0 Å². The Morgan fingerprint density at radius 2 is 1.90 bits per heavy atom. The molecule has 0 aliphatic heterocycles. The van der Waals surface area contributed by atoms with E-state index in [0.717, 1.165) is 17.0 Å². The van der Waals surface area contributed by atoms with Crippen LogP contribution >= 0.6 is 11.6 Å². The first-order chi connectivity index (χ1) is 10.0. The summed E-state index contributed by atoms with van der Waals surface area (Å²) in [5.41, 5.74) is 1.65. The van der Waals surface area contributed by atoms with E-state index in [1.807, 2.05) is 50.2 Å². The third kappa shape index (κ3) is 5.12. The molecule has 21 heavy (non-hydrogen) atoms. The smallest absolute Gasteiger partial charge is 0.228 e. The molecule has 0 bridgehead atoms. The maximum absolute atomic E-state index is 12.0. The number of halogens is 1. The fraction of sp³-hybridized carbons (Fsp3) is 0.235. The number of nitrogens with one attached hydrogen (secondary N) is 1. The van der Waals surface area contributed by atoms with E-state index in [0.29, 0.717) is 11.4 Å². The predicted octanol–water partition coefficient (Wildman–Crippen LogP) is 4.31. The molecule has 110 valence electrons. The zero-order valence-corrected chi connectivity index (χ0v) is 12.9. The molecule has 2 rings (SSSR count). The number of rotatable bonds is 5. The number of ether oxygens (including phenoxy) is 1. The highest BCUT2D eigenvalue weighted by Gasteiger charge is 2.05. The Labute approximate surface area is 129 Å². The van der Waals surface area contributed by atoms with E-state index in [9.17, 15) is 4.79 Å². The van der Waals surface area contributed by atoms with Gasteiger partial charge in [0.15, 0.2) is 0 Å². The van der Waals surface area contributed by atoms with E-state index in [-0.39, 0.29) is 12.0 Å². The second-order valence-corrected chi connectivity index (χ2v) is 5.48. The summed E-state index contributed by atoms with van der Waals surface area (Å²) >= 11 is 5.82. The Morgan fingerprint density at radius 1 is 1.19 bits per heavy atom. The fourth-order valence-electron chi connectivity index (χ4n) is 1.91.